The van der Waals surface area contributed by atoms with Gasteiger partial charge in [-0.15, -0.1) is 0 Å². The van der Waals surface area contributed by atoms with Crippen LogP contribution in [0.25, 0.3) is 0 Å². The van der Waals surface area contributed by atoms with Gasteiger partial charge >= 0.3 is 0 Å². The molecule has 0 aliphatic heterocycles. The molecule has 0 heterocycles. The average molecular weight is 249 g/mol. The van der Waals surface area contributed by atoms with Crippen LogP contribution in [-0.4, -0.2) is 13.2 Å². The number of hydrogen-bond donors (Lipinski definition) is 1. The van der Waals surface area contributed by atoms with Gasteiger partial charge in [0.05, 0.1) is 7.11 Å². The molecule has 1 aromatic rings. The molecule has 2 unspecified atom stereocenters. The number of ether oxygens (including phenoxy) is 1. The maximum Gasteiger partial charge on any atom is 0.118 e. The first-order valence-electron chi connectivity index (χ1n) is 6.93. The largest absolute Gasteiger partial charge is 0.497 e. The first kappa shape index (κ1) is 15.0. The quantitative estimate of drug-likeness (QED) is 0.783. The second-order valence-corrected chi connectivity index (χ2v) is 5.53. The molecule has 18 heavy (non-hydrogen) atoms. The highest BCUT2D eigenvalue weighted by molar-refractivity contribution is 5.28. The summed E-state index contributed by atoms with van der Waals surface area (Å²) in [6.45, 7) is 9.04. The molecular formula is C16H27NO. The SMILES string of the molecule is COc1ccc(C(C)NC(C)CCC(C)C)cc1. The van der Waals surface area contributed by atoms with E-state index < -0.39 is 0 Å². The van der Waals surface area contributed by atoms with E-state index in [9.17, 15) is 0 Å². The van der Waals surface area contributed by atoms with Crippen molar-refractivity contribution in [1.29, 1.82) is 0 Å². The Labute approximate surface area is 112 Å². The Morgan fingerprint density at radius 3 is 2.11 bits per heavy atom. The maximum absolute atomic E-state index is 5.17. The summed E-state index contributed by atoms with van der Waals surface area (Å²) in [5.41, 5.74) is 1.31. The van der Waals surface area contributed by atoms with E-state index in [2.05, 4.69) is 45.1 Å². The van der Waals surface area contributed by atoms with Crippen molar-refractivity contribution in [3.8, 4) is 5.75 Å². The summed E-state index contributed by atoms with van der Waals surface area (Å²) in [5, 5.41) is 3.65. The summed E-state index contributed by atoms with van der Waals surface area (Å²) < 4.78 is 5.17. The third-order valence-electron chi connectivity index (χ3n) is 3.33. The molecule has 0 spiro atoms. The minimum atomic E-state index is 0.387. The highest BCUT2D eigenvalue weighted by atomic mass is 16.5. The van der Waals surface area contributed by atoms with Crippen LogP contribution >= 0.6 is 0 Å². The Kier molecular flexibility index (Phi) is 6.20. The lowest BCUT2D eigenvalue weighted by molar-refractivity contribution is 0.410. The third kappa shape index (κ3) is 5.09. The van der Waals surface area contributed by atoms with Crippen molar-refractivity contribution in [3.63, 3.8) is 0 Å². The van der Waals surface area contributed by atoms with Gasteiger partial charge in [-0.25, -0.2) is 0 Å². The molecular weight excluding hydrogens is 222 g/mol. The van der Waals surface area contributed by atoms with Crippen LogP contribution in [0.3, 0.4) is 0 Å². The predicted octanol–water partition coefficient (Wildman–Crippen LogP) is 4.17. The fourth-order valence-electron chi connectivity index (χ4n) is 2.08. The lowest BCUT2D eigenvalue weighted by Crippen LogP contribution is -2.29. The first-order chi connectivity index (χ1) is 8.52. The molecule has 0 aliphatic carbocycles. The Morgan fingerprint density at radius 1 is 1.00 bits per heavy atom. The molecule has 2 heteroatoms. The average Bonchev–Trinajstić information content (AvgIpc) is 2.36. The Bertz CT molecular complexity index is 331. The Morgan fingerprint density at radius 2 is 1.61 bits per heavy atom. The highest BCUT2D eigenvalue weighted by Crippen LogP contribution is 2.18. The second kappa shape index (κ2) is 7.42. The van der Waals surface area contributed by atoms with Crippen molar-refractivity contribution in [2.45, 2.75) is 52.6 Å². The molecule has 102 valence electrons. The van der Waals surface area contributed by atoms with Gasteiger partial charge in [-0.2, -0.15) is 0 Å². The molecule has 2 atom stereocenters. The van der Waals surface area contributed by atoms with Gasteiger partial charge in [0.2, 0.25) is 0 Å². The number of hydrogen-bond acceptors (Lipinski definition) is 2. The van der Waals surface area contributed by atoms with Crippen molar-refractivity contribution in [1.82, 2.24) is 5.32 Å². The van der Waals surface area contributed by atoms with E-state index in [1.165, 1.54) is 18.4 Å². The third-order valence-corrected chi connectivity index (χ3v) is 3.33. The van der Waals surface area contributed by atoms with Gasteiger partial charge in [-0.3, -0.25) is 0 Å². The zero-order chi connectivity index (χ0) is 13.5. The minimum Gasteiger partial charge on any atom is -0.497 e. The van der Waals surface area contributed by atoms with E-state index in [0.717, 1.165) is 11.7 Å². The van der Waals surface area contributed by atoms with Crippen LogP contribution in [0.2, 0.25) is 0 Å². The highest BCUT2D eigenvalue weighted by Gasteiger charge is 2.10. The zero-order valence-electron chi connectivity index (χ0n) is 12.4. The summed E-state index contributed by atoms with van der Waals surface area (Å²) in [6, 6.07) is 9.25. The molecule has 0 radical (unpaired) electrons. The van der Waals surface area contributed by atoms with Gasteiger partial charge in [-0.05, 0) is 50.3 Å². The van der Waals surface area contributed by atoms with Crippen molar-refractivity contribution in [3.05, 3.63) is 29.8 Å². The van der Waals surface area contributed by atoms with Gasteiger partial charge in [0.25, 0.3) is 0 Å². The smallest absolute Gasteiger partial charge is 0.118 e. The van der Waals surface area contributed by atoms with E-state index in [4.69, 9.17) is 4.74 Å². The second-order valence-electron chi connectivity index (χ2n) is 5.53. The van der Waals surface area contributed by atoms with Gasteiger partial charge in [-0.1, -0.05) is 26.0 Å². The van der Waals surface area contributed by atoms with Crippen LogP contribution in [0.15, 0.2) is 24.3 Å². The molecule has 0 amide bonds. The van der Waals surface area contributed by atoms with Crippen molar-refractivity contribution in [2.24, 2.45) is 5.92 Å². The van der Waals surface area contributed by atoms with Crippen LogP contribution in [0.4, 0.5) is 0 Å². The van der Waals surface area contributed by atoms with Crippen molar-refractivity contribution < 1.29 is 4.74 Å². The molecule has 0 aromatic heterocycles. The van der Waals surface area contributed by atoms with E-state index in [1.54, 1.807) is 7.11 Å². The van der Waals surface area contributed by atoms with E-state index in [-0.39, 0.29) is 0 Å². The summed E-state index contributed by atoms with van der Waals surface area (Å²) in [5.74, 6) is 1.70. The molecule has 1 aromatic carbocycles. The van der Waals surface area contributed by atoms with Crippen LogP contribution in [0, 0.1) is 5.92 Å². The lowest BCUT2D eigenvalue weighted by Gasteiger charge is -2.21. The first-order valence-corrected chi connectivity index (χ1v) is 6.93. The maximum atomic E-state index is 5.17. The fourth-order valence-corrected chi connectivity index (χ4v) is 2.08. The number of rotatable bonds is 7. The summed E-state index contributed by atoms with van der Waals surface area (Å²) >= 11 is 0. The van der Waals surface area contributed by atoms with E-state index in [1.807, 2.05) is 12.1 Å². The Hall–Kier alpha value is -1.02. The zero-order valence-corrected chi connectivity index (χ0v) is 12.4. The fraction of sp³-hybridized carbons (Fsp3) is 0.625. The standard InChI is InChI=1S/C16H27NO/c1-12(2)6-7-13(3)17-14(4)15-8-10-16(18-5)11-9-15/h8-14,17H,6-7H2,1-5H3. The normalized spacial score (nSPS) is 14.6. The monoisotopic (exact) mass is 249 g/mol. The Balaban J connectivity index is 2.45. The summed E-state index contributed by atoms with van der Waals surface area (Å²) in [7, 11) is 1.70. The van der Waals surface area contributed by atoms with Gasteiger partial charge in [0.15, 0.2) is 0 Å². The lowest BCUT2D eigenvalue weighted by atomic mass is 10.0. The minimum absolute atomic E-state index is 0.387. The van der Waals surface area contributed by atoms with E-state index in [0.29, 0.717) is 12.1 Å². The van der Waals surface area contributed by atoms with Crippen molar-refractivity contribution in [2.75, 3.05) is 7.11 Å². The molecule has 0 saturated heterocycles. The molecule has 0 bridgehead atoms. The molecule has 1 N–H and O–H groups in total. The molecule has 0 fully saturated rings. The van der Waals surface area contributed by atoms with Gasteiger partial charge in [0, 0.05) is 12.1 Å². The summed E-state index contributed by atoms with van der Waals surface area (Å²) in [6.07, 6.45) is 2.52. The molecule has 2 nitrogen and oxygen atoms in total. The van der Waals surface area contributed by atoms with Crippen molar-refractivity contribution >= 4 is 0 Å². The van der Waals surface area contributed by atoms with Crippen LogP contribution in [0.5, 0.6) is 5.75 Å². The molecule has 0 aliphatic rings. The van der Waals surface area contributed by atoms with Crippen LogP contribution < -0.4 is 10.1 Å². The number of benzene rings is 1. The van der Waals surface area contributed by atoms with Gasteiger partial charge in [0.1, 0.15) is 5.75 Å². The topological polar surface area (TPSA) is 21.3 Å². The van der Waals surface area contributed by atoms with Crippen LogP contribution in [0.1, 0.15) is 52.1 Å². The van der Waals surface area contributed by atoms with Gasteiger partial charge < -0.3 is 10.1 Å². The molecule has 1 rings (SSSR count). The molecule has 0 saturated carbocycles. The summed E-state index contributed by atoms with van der Waals surface area (Å²) in [4.78, 5) is 0. The predicted molar refractivity (Wildman–Crippen MR) is 78.1 cm³/mol. The van der Waals surface area contributed by atoms with E-state index >= 15 is 0 Å². The van der Waals surface area contributed by atoms with Crippen LogP contribution in [-0.2, 0) is 0 Å². The number of nitrogens with one attached hydrogen (secondary N) is 1. The number of methoxy groups -OCH3 is 1.